The lowest BCUT2D eigenvalue weighted by Crippen LogP contribution is -2.60. The normalized spacial score (nSPS) is 18.3. The zero-order chi connectivity index (χ0) is 64.3. The Labute approximate surface area is 483 Å². The van der Waals surface area contributed by atoms with Crippen molar-refractivity contribution in [3.8, 4) is 0 Å². The molecule has 0 aromatic carbocycles. The number of hydrogen-bond acceptors (Lipinski definition) is 20. The van der Waals surface area contributed by atoms with Gasteiger partial charge in [0.25, 0.3) is 0 Å². The number of carbonyl (C=O) groups is 14. The van der Waals surface area contributed by atoms with Gasteiger partial charge in [-0.25, -0.2) is 9.59 Å². The lowest BCUT2D eigenvalue weighted by molar-refractivity contribution is -0.144. The van der Waals surface area contributed by atoms with Crippen molar-refractivity contribution in [3.05, 3.63) is 0 Å². The molecule has 34 nitrogen and oxygen atoms in total. The van der Waals surface area contributed by atoms with E-state index in [9.17, 15) is 87.5 Å². The number of aliphatic carboxylic acids is 4. The number of amides is 10. The molecule has 10 amide bonds. The van der Waals surface area contributed by atoms with E-state index in [2.05, 4.69) is 42.5 Å². The molecule has 0 aromatic heterocycles. The van der Waals surface area contributed by atoms with Crippen molar-refractivity contribution in [1.29, 1.82) is 0 Å². The smallest absolute Gasteiger partial charge is 0.326 e. The van der Waals surface area contributed by atoms with Gasteiger partial charge < -0.3 is 105 Å². The standard InChI is InChI=1S/2C25H42N6O11/c2*1-12(2)9-14(26)24(40)31-8-4-5-17(31)22(38)29-16(11-32)21(37)30-20(13(3)33)23(39)27-10-18(34)28-15(25(41)42)6-7-19(35)36/h2*12-17,20,32-33H,4-11,26H2,1-3H3,(H,27,39)(H,28,34)(H,29,38)(H,30,37)(H,35,36)(H,41,42). The highest BCUT2D eigenvalue weighted by Crippen LogP contribution is 2.21. The predicted molar refractivity (Wildman–Crippen MR) is 288 cm³/mol. The minimum atomic E-state index is -1.64. The summed E-state index contributed by atoms with van der Waals surface area (Å²) in [5.74, 6) is -13.5. The summed E-state index contributed by atoms with van der Waals surface area (Å²) < 4.78 is 0. The van der Waals surface area contributed by atoms with E-state index in [0.29, 0.717) is 51.6 Å². The molecule has 84 heavy (non-hydrogen) atoms. The molecule has 2 heterocycles. The Bertz CT molecular complexity index is 2170. The number of hydrogen-bond donors (Lipinski definition) is 18. The first kappa shape index (κ1) is 74.4. The van der Waals surface area contributed by atoms with Gasteiger partial charge in [-0.05, 0) is 77.0 Å². The largest absolute Gasteiger partial charge is 0.481 e. The van der Waals surface area contributed by atoms with Gasteiger partial charge in [0.1, 0.15) is 48.3 Å². The van der Waals surface area contributed by atoms with Crippen LogP contribution in [-0.2, 0) is 67.1 Å². The summed E-state index contributed by atoms with van der Waals surface area (Å²) in [6.07, 6.45) is -2.34. The van der Waals surface area contributed by atoms with Gasteiger partial charge in [0.2, 0.25) is 59.1 Å². The molecule has 2 aliphatic rings. The summed E-state index contributed by atoms with van der Waals surface area (Å²) in [5, 5.41) is 92.6. The van der Waals surface area contributed by atoms with Crippen molar-refractivity contribution < 1.29 is 108 Å². The SMILES string of the molecule is CC(C)CC(N)C(=O)N1CCCC1C(=O)NC(CO)C(=O)NC(C(=O)NCC(=O)NC(CCC(=O)O)C(=O)O)C(C)O.CC(C)CC(N)C(=O)N1CCCC1C(=O)NC(CO)C(=O)NC(C(=O)NCC(=O)NC(CCC(=O)O)C(=O)O)C(C)O. The van der Waals surface area contributed by atoms with Crippen molar-refractivity contribution in [2.24, 2.45) is 23.3 Å². The highest BCUT2D eigenvalue weighted by atomic mass is 16.4. The monoisotopic (exact) mass is 1200 g/mol. The van der Waals surface area contributed by atoms with Gasteiger partial charge in [-0.1, -0.05) is 27.7 Å². The lowest BCUT2D eigenvalue weighted by atomic mass is 10.0. The number of nitrogens with one attached hydrogen (secondary N) is 8. The van der Waals surface area contributed by atoms with Gasteiger partial charge >= 0.3 is 23.9 Å². The number of nitrogens with zero attached hydrogens (tertiary/aromatic N) is 2. The second-order valence-electron chi connectivity index (χ2n) is 21.0. The molecule has 0 saturated carbocycles. The van der Waals surface area contributed by atoms with E-state index in [-0.39, 0.29) is 11.8 Å². The van der Waals surface area contributed by atoms with Crippen LogP contribution in [0.5, 0.6) is 0 Å². The van der Waals surface area contributed by atoms with Crippen LogP contribution in [0.25, 0.3) is 0 Å². The average Bonchev–Trinajstić information content (AvgIpc) is 4.13. The Hall–Kier alpha value is -7.66. The maximum absolute atomic E-state index is 12.9. The molecular formula is C50H84N12O22. The van der Waals surface area contributed by atoms with Crippen LogP contribution in [-0.4, -0.2) is 246 Å². The van der Waals surface area contributed by atoms with Crippen molar-refractivity contribution >= 4 is 82.9 Å². The molecule has 2 rings (SSSR count). The number of aliphatic hydroxyl groups excluding tert-OH is 4. The average molecular weight is 1210 g/mol. The molecule has 12 unspecified atom stereocenters. The number of carboxylic acid groups (broad SMARTS) is 4. The van der Waals surface area contributed by atoms with E-state index in [1.54, 1.807) is 0 Å². The summed E-state index contributed by atoms with van der Waals surface area (Å²) >= 11 is 0. The van der Waals surface area contributed by atoms with Gasteiger partial charge in [-0.2, -0.15) is 0 Å². The fraction of sp³-hybridized carbons (Fsp3) is 0.720. The van der Waals surface area contributed by atoms with Crippen LogP contribution in [0.2, 0.25) is 0 Å². The number of likely N-dealkylation sites (tertiary alicyclic amines) is 2. The Kier molecular flexibility index (Phi) is 32.6. The van der Waals surface area contributed by atoms with E-state index in [0.717, 1.165) is 13.8 Å². The van der Waals surface area contributed by atoms with E-state index in [4.69, 9.17) is 31.9 Å². The molecule has 476 valence electrons. The second kappa shape index (κ2) is 36.8. The van der Waals surface area contributed by atoms with Crippen molar-refractivity contribution in [1.82, 2.24) is 52.3 Å². The van der Waals surface area contributed by atoms with Gasteiger partial charge in [0.05, 0.1) is 50.6 Å². The maximum atomic E-state index is 12.9. The fourth-order valence-electron chi connectivity index (χ4n) is 8.59. The van der Waals surface area contributed by atoms with Crippen LogP contribution in [0.1, 0.15) is 106 Å². The van der Waals surface area contributed by atoms with Crippen LogP contribution in [0.4, 0.5) is 0 Å². The Morgan fingerprint density at radius 1 is 0.476 bits per heavy atom. The van der Waals surface area contributed by atoms with Crippen molar-refractivity contribution in [3.63, 3.8) is 0 Å². The first-order valence-corrected chi connectivity index (χ1v) is 27.1. The number of nitrogens with two attached hydrogens (primary N) is 2. The number of aliphatic hydroxyl groups is 4. The van der Waals surface area contributed by atoms with Gasteiger partial charge in [0.15, 0.2) is 0 Å². The molecule has 0 radical (unpaired) electrons. The Morgan fingerprint density at radius 3 is 1.06 bits per heavy atom. The number of carbonyl (C=O) groups excluding carboxylic acids is 10. The third-order valence-corrected chi connectivity index (χ3v) is 12.9. The second-order valence-corrected chi connectivity index (χ2v) is 21.0. The molecule has 2 aliphatic heterocycles. The third-order valence-electron chi connectivity index (χ3n) is 12.9. The minimum Gasteiger partial charge on any atom is -0.481 e. The summed E-state index contributed by atoms with van der Waals surface area (Å²) in [5.41, 5.74) is 12.0. The first-order valence-electron chi connectivity index (χ1n) is 27.1. The van der Waals surface area contributed by atoms with Gasteiger partial charge in [-0.3, -0.25) is 57.5 Å². The van der Waals surface area contributed by atoms with Crippen LogP contribution in [0, 0.1) is 11.8 Å². The molecule has 2 fully saturated rings. The van der Waals surface area contributed by atoms with Gasteiger partial charge in [0, 0.05) is 25.9 Å². The molecule has 0 aromatic rings. The molecule has 0 bridgehead atoms. The van der Waals surface area contributed by atoms with Crippen LogP contribution in [0.15, 0.2) is 0 Å². The molecule has 34 heteroatoms. The highest BCUT2D eigenvalue weighted by molar-refractivity contribution is 5.98. The Morgan fingerprint density at radius 2 is 0.798 bits per heavy atom. The van der Waals surface area contributed by atoms with Crippen LogP contribution in [0.3, 0.4) is 0 Å². The molecular weight excluding hydrogens is 1120 g/mol. The fourth-order valence-corrected chi connectivity index (χ4v) is 8.59. The lowest BCUT2D eigenvalue weighted by Gasteiger charge is -2.29. The topological polar surface area (TPSA) is 556 Å². The zero-order valence-electron chi connectivity index (χ0n) is 47.7. The number of rotatable bonds is 34. The van der Waals surface area contributed by atoms with E-state index in [1.807, 2.05) is 27.7 Å². The zero-order valence-corrected chi connectivity index (χ0v) is 47.7. The highest BCUT2D eigenvalue weighted by Gasteiger charge is 2.40. The summed E-state index contributed by atoms with van der Waals surface area (Å²) in [7, 11) is 0. The molecule has 0 spiro atoms. The van der Waals surface area contributed by atoms with Crippen molar-refractivity contribution in [2.45, 2.75) is 178 Å². The molecule has 12 atom stereocenters. The minimum absolute atomic E-state index is 0.153. The Balaban J connectivity index is 0.000000840. The molecule has 0 aliphatic carbocycles. The van der Waals surface area contributed by atoms with Crippen LogP contribution >= 0.6 is 0 Å². The van der Waals surface area contributed by atoms with Crippen LogP contribution < -0.4 is 54.0 Å². The summed E-state index contributed by atoms with van der Waals surface area (Å²) in [6.45, 7) is 7.23. The number of carboxylic acids is 4. The van der Waals surface area contributed by atoms with E-state index in [1.165, 1.54) is 9.80 Å². The van der Waals surface area contributed by atoms with E-state index >= 15 is 0 Å². The van der Waals surface area contributed by atoms with E-state index < -0.39 is 208 Å². The molecule has 2 saturated heterocycles. The van der Waals surface area contributed by atoms with Gasteiger partial charge in [-0.15, -0.1) is 0 Å². The predicted octanol–water partition coefficient (Wildman–Crippen LogP) is -7.51. The molecule has 20 N–H and O–H groups in total. The third kappa shape index (κ3) is 25.9. The quantitative estimate of drug-likeness (QED) is 0.0285. The summed E-state index contributed by atoms with van der Waals surface area (Å²) in [4.78, 5) is 173. The maximum Gasteiger partial charge on any atom is 0.326 e. The van der Waals surface area contributed by atoms with Crippen molar-refractivity contribution in [2.75, 3.05) is 39.4 Å². The summed E-state index contributed by atoms with van der Waals surface area (Å²) in [6, 6.07) is -12.9. The first-order chi connectivity index (χ1) is 39.2.